The van der Waals surface area contributed by atoms with Gasteiger partial charge in [0.05, 0.1) is 29.9 Å². The number of hydrogen-bond acceptors (Lipinski definition) is 5. The molecule has 0 aromatic heterocycles. The van der Waals surface area contributed by atoms with Crippen molar-refractivity contribution in [1.29, 1.82) is 0 Å². The maximum Gasteiger partial charge on any atom is 0.261 e. The van der Waals surface area contributed by atoms with Crippen LogP contribution < -0.4 is 19.5 Å². The molecule has 3 rings (SSSR count). The molecule has 0 aliphatic heterocycles. The zero-order valence-electron chi connectivity index (χ0n) is 16.9. The smallest absolute Gasteiger partial charge is 0.261 e. The highest BCUT2D eigenvalue weighted by Gasteiger charge is 2.19. The molecule has 1 amide bonds. The Labute approximate surface area is 179 Å². The average Bonchev–Trinajstić information content (AvgIpc) is 2.75. The van der Waals surface area contributed by atoms with Gasteiger partial charge >= 0.3 is 0 Å². The molecule has 0 spiro atoms. The summed E-state index contributed by atoms with van der Waals surface area (Å²) in [6.07, 6.45) is 0. The van der Waals surface area contributed by atoms with Gasteiger partial charge in [-0.15, -0.1) is 0 Å². The molecule has 0 radical (unpaired) electrons. The lowest BCUT2D eigenvalue weighted by Gasteiger charge is -2.14. The summed E-state index contributed by atoms with van der Waals surface area (Å²) in [5, 5.41) is 2.50. The molecule has 3 aromatic carbocycles. The number of hydrogen-bond donors (Lipinski definition) is 2. The second-order valence-corrected chi connectivity index (χ2v) is 8.04. The quantitative estimate of drug-likeness (QED) is 0.541. The number of ether oxygens (including phenoxy) is 2. The van der Waals surface area contributed by atoms with Crippen molar-refractivity contribution in [3.63, 3.8) is 0 Å². The molecule has 162 valence electrons. The van der Waals surface area contributed by atoms with E-state index in [0.717, 1.165) is 6.07 Å². The Bertz CT molecular complexity index is 1180. The van der Waals surface area contributed by atoms with Gasteiger partial charge in [0.1, 0.15) is 17.3 Å². The van der Waals surface area contributed by atoms with Gasteiger partial charge in [0.25, 0.3) is 15.9 Å². The van der Waals surface area contributed by atoms with E-state index >= 15 is 0 Å². The van der Waals surface area contributed by atoms with Crippen molar-refractivity contribution in [3.8, 4) is 11.5 Å². The van der Waals surface area contributed by atoms with E-state index in [-0.39, 0.29) is 21.9 Å². The Morgan fingerprint density at radius 3 is 2.39 bits per heavy atom. The number of anilines is 2. The first-order valence-corrected chi connectivity index (χ1v) is 10.8. The van der Waals surface area contributed by atoms with Crippen LogP contribution in [0.3, 0.4) is 0 Å². The summed E-state index contributed by atoms with van der Waals surface area (Å²) in [5.41, 5.74) is 0.256. The predicted molar refractivity (Wildman–Crippen MR) is 116 cm³/mol. The van der Waals surface area contributed by atoms with Crippen LogP contribution in [-0.2, 0) is 10.0 Å². The summed E-state index contributed by atoms with van der Waals surface area (Å²) in [7, 11) is -2.59. The second-order valence-electron chi connectivity index (χ2n) is 6.36. The summed E-state index contributed by atoms with van der Waals surface area (Å²) in [6.45, 7) is 2.35. The van der Waals surface area contributed by atoms with Crippen molar-refractivity contribution < 1.29 is 27.1 Å². The zero-order valence-corrected chi connectivity index (χ0v) is 17.7. The van der Waals surface area contributed by atoms with Crippen LogP contribution in [-0.4, -0.2) is 28.0 Å². The summed E-state index contributed by atoms with van der Waals surface area (Å²) in [5.74, 6) is -0.580. The van der Waals surface area contributed by atoms with Gasteiger partial charge in [-0.3, -0.25) is 9.52 Å². The molecule has 9 heteroatoms. The number of amides is 1. The number of benzene rings is 3. The minimum atomic E-state index is -3.97. The van der Waals surface area contributed by atoms with Crippen LogP contribution >= 0.6 is 0 Å². The number of methoxy groups -OCH3 is 1. The molecule has 0 saturated heterocycles. The monoisotopic (exact) mass is 444 g/mol. The lowest BCUT2D eigenvalue weighted by atomic mass is 10.2. The average molecular weight is 444 g/mol. The van der Waals surface area contributed by atoms with E-state index in [9.17, 15) is 17.6 Å². The standard InChI is InChI=1S/C22H21FN2O5S/c1-3-30-16-10-8-15(9-11-16)25-31(27,28)17-12-13-21(29-2)20(14-17)24-22(26)18-6-4-5-7-19(18)23/h4-14,25H,3H2,1-2H3,(H,24,26). The molecule has 0 aliphatic carbocycles. The van der Waals surface area contributed by atoms with Crippen LogP contribution in [0.25, 0.3) is 0 Å². The fourth-order valence-electron chi connectivity index (χ4n) is 2.79. The molecule has 0 unspecified atom stereocenters. The first-order valence-electron chi connectivity index (χ1n) is 9.33. The van der Waals surface area contributed by atoms with E-state index < -0.39 is 21.7 Å². The molecule has 2 N–H and O–H groups in total. The predicted octanol–water partition coefficient (Wildman–Crippen LogP) is 4.29. The molecule has 7 nitrogen and oxygen atoms in total. The highest BCUT2D eigenvalue weighted by molar-refractivity contribution is 7.92. The van der Waals surface area contributed by atoms with Gasteiger partial charge in [-0.25, -0.2) is 12.8 Å². The van der Waals surface area contributed by atoms with Gasteiger partial charge in [-0.05, 0) is 61.5 Å². The van der Waals surface area contributed by atoms with Crippen LogP contribution in [0.15, 0.2) is 71.6 Å². The second kappa shape index (κ2) is 9.48. The number of sulfonamides is 1. The van der Waals surface area contributed by atoms with E-state index in [1.54, 1.807) is 24.3 Å². The van der Waals surface area contributed by atoms with Gasteiger partial charge in [0, 0.05) is 5.69 Å². The lowest BCUT2D eigenvalue weighted by molar-refractivity contribution is 0.102. The van der Waals surface area contributed by atoms with Gasteiger partial charge in [-0.2, -0.15) is 0 Å². The summed E-state index contributed by atoms with van der Waals surface area (Å²) in [6, 6.07) is 15.9. The summed E-state index contributed by atoms with van der Waals surface area (Å²) >= 11 is 0. The molecule has 31 heavy (non-hydrogen) atoms. The molecule has 0 atom stereocenters. The van der Waals surface area contributed by atoms with Crippen molar-refractivity contribution in [1.82, 2.24) is 0 Å². The number of carbonyl (C=O) groups is 1. The molecule has 0 aliphatic rings. The molecule has 0 fully saturated rings. The lowest BCUT2D eigenvalue weighted by Crippen LogP contribution is -2.16. The Kier molecular flexibility index (Phi) is 6.76. The van der Waals surface area contributed by atoms with Crippen molar-refractivity contribution in [3.05, 3.63) is 78.1 Å². The first kappa shape index (κ1) is 22.1. The zero-order chi connectivity index (χ0) is 22.4. The van der Waals surface area contributed by atoms with Crippen LogP contribution in [0.1, 0.15) is 17.3 Å². The van der Waals surface area contributed by atoms with Gasteiger partial charge in [0.2, 0.25) is 0 Å². The van der Waals surface area contributed by atoms with Crippen molar-refractivity contribution in [2.45, 2.75) is 11.8 Å². The van der Waals surface area contributed by atoms with E-state index in [2.05, 4.69) is 10.0 Å². The topological polar surface area (TPSA) is 93.7 Å². The largest absolute Gasteiger partial charge is 0.495 e. The Morgan fingerprint density at radius 1 is 1.03 bits per heavy atom. The van der Waals surface area contributed by atoms with Gasteiger partial charge in [0.15, 0.2) is 0 Å². The maximum absolute atomic E-state index is 13.9. The molecule has 0 heterocycles. The summed E-state index contributed by atoms with van der Waals surface area (Å²) < 4.78 is 52.5. The van der Waals surface area contributed by atoms with E-state index in [4.69, 9.17) is 9.47 Å². The SMILES string of the molecule is CCOc1ccc(NS(=O)(=O)c2ccc(OC)c(NC(=O)c3ccccc3F)c2)cc1. The van der Waals surface area contributed by atoms with E-state index in [1.165, 1.54) is 43.5 Å². The third-order valence-corrected chi connectivity index (χ3v) is 5.64. The molecule has 0 saturated carbocycles. The van der Waals surface area contributed by atoms with Gasteiger partial charge in [-0.1, -0.05) is 12.1 Å². The minimum absolute atomic E-state index is 0.0883. The fourth-order valence-corrected chi connectivity index (χ4v) is 3.87. The highest BCUT2D eigenvalue weighted by Crippen LogP contribution is 2.29. The molecule has 0 bridgehead atoms. The first-order chi connectivity index (χ1) is 14.8. The van der Waals surface area contributed by atoms with Crippen molar-refractivity contribution in [2.24, 2.45) is 0 Å². The highest BCUT2D eigenvalue weighted by atomic mass is 32.2. The fraction of sp³-hybridized carbons (Fsp3) is 0.136. The molecular weight excluding hydrogens is 423 g/mol. The van der Waals surface area contributed by atoms with Gasteiger partial charge < -0.3 is 14.8 Å². The van der Waals surface area contributed by atoms with E-state index in [0.29, 0.717) is 18.0 Å². The number of nitrogens with one attached hydrogen (secondary N) is 2. The minimum Gasteiger partial charge on any atom is -0.495 e. The number of carbonyl (C=O) groups excluding carboxylic acids is 1. The Morgan fingerprint density at radius 2 is 1.74 bits per heavy atom. The van der Waals surface area contributed by atoms with Crippen LogP contribution in [0.4, 0.5) is 15.8 Å². The van der Waals surface area contributed by atoms with Crippen molar-refractivity contribution >= 4 is 27.3 Å². The van der Waals surface area contributed by atoms with Crippen LogP contribution in [0, 0.1) is 5.82 Å². The third kappa shape index (κ3) is 5.32. The third-order valence-electron chi connectivity index (χ3n) is 4.27. The van der Waals surface area contributed by atoms with Crippen molar-refractivity contribution in [2.75, 3.05) is 23.8 Å². The Hall–Kier alpha value is -3.59. The molecular formula is C22H21FN2O5S. The van der Waals surface area contributed by atoms with Crippen LogP contribution in [0.2, 0.25) is 0 Å². The number of halogens is 1. The van der Waals surface area contributed by atoms with Crippen LogP contribution in [0.5, 0.6) is 11.5 Å². The molecule has 3 aromatic rings. The van der Waals surface area contributed by atoms with E-state index in [1.807, 2.05) is 6.92 Å². The normalized spacial score (nSPS) is 10.9. The number of rotatable bonds is 8. The Balaban J connectivity index is 1.86. The maximum atomic E-state index is 13.9. The summed E-state index contributed by atoms with van der Waals surface area (Å²) in [4.78, 5) is 12.4.